The van der Waals surface area contributed by atoms with E-state index in [-0.39, 0.29) is 25.2 Å². The van der Waals surface area contributed by atoms with Crippen LogP contribution in [0.25, 0.3) is 0 Å². The Morgan fingerprint density at radius 1 is 1.43 bits per heavy atom. The van der Waals surface area contributed by atoms with Gasteiger partial charge < -0.3 is 24.6 Å². The van der Waals surface area contributed by atoms with Gasteiger partial charge in [0, 0.05) is 13.2 Å². The molecule has 1 fully saturated rings. The Bertz CT molecular complexity index is 461. The van der Waals surface area contributed by atoms with Crippen LogP contribution in [0.5, 0.6) is 5.75 Å². The molecule has 3 unspecified atom stereocenters. The Kier molecular flexibility index (Phi) is 7.32. The predicted molar refractivity (Wildman–Crippen MR) is 85.3 cm³/mol. The number of amides is 1. The molecule has 0 saturated carbocycles. The topological polar surface area (TPSA) is 77.0 Å². The number of carbonyl (C=O) groups is 1. The van der Waals surface area contributed by atoms with E-state index in [1.54, 1.807) is 6.92 Å². The molecular weight excluding hydrogens is 298 g/mol. The number of hydrogen-bond acceptors (Lipinski definition) is 5. The standard InChI is InChI=1S/C17H25NO5/c1-13(22-12-16-8-5-9-21-16)17(20)18-10-14(19)11-23-15-6-3-2-4-7-15/h2-4,6-7,13-14,16,19H,5,8-12H2,1H3,(H,18,20). The first-order valence-electron chi connectivity index (χ1n) is 8.02. The molecule has 128 valence electrons. The van der Waals surface area contributed by atoms with Gasteiger partial charge in [-0.3, -0.25) is 4.79 Å². The second-order valence-corrected chi connectivity index (χ2v) is 5.63. The van der Waals surface area contributed by atoms with Crippen molar-refractivity contribution in [1.82, 2.24) is 5.32 Å². The number of hydrogen-bond donors (Lipinski definition) is 2. The van der Waals surface area contributed by atoms with Gasteiger partial charge in [0.1, 0.15) is 24.6 Å². The fourth-order valence-corrected chi connectivity index (χ4v) is 2.23. The quantitative estimate of drug-likeness (QED) is 0.712. The van der Waals surface area contributed by atoms with E-state index in [0.29, 0.717) is 12.4 Å². The van der Waals surface area contributed by atoms with Crippen molar-refractivity contribution in [3.63, 3.8) is 0 Å². The molecule has 1 heterocycles. The first-order chi connectivity index (χ1) is 11.1. The lowest BCUT2D eigenvalue weighted by Gasteiger charge is -2.18. The van der Waals surface area contributed by atoms with Gasteiger partial charge in [0.15, 0.2) is 0 Å². The summed E-state index contributed by atoms with van der Waals surface area (Å²) >= 11 is 0. The Hall–Kier alpha value is -1.63. The molecule has 1 aliphatic heterocycles. The molecule has 0 radical (unpaired) electrons. The molecule has 1 saturated heterocycles. The zero-order valence-electron chi connectivity index (χ0n) is 13.4. The average molecular weight is 323 g/mol. The first kappa shape index (κ1) is 17.7. The van der Waals surface area contributed by atoms with Crippen molar-refractivity contribution in [3.8, 4) is 5.75 Å². The van der Waals surface area contributed by atoms with E-state index in [4.69, 9.17) is 14.2 Å². The number of nitrogens with one attached hydrogen (secondary N) is 1. The Morgan fingerprint density at radius 2 is 2.22 bits per heavy atom. The first-order valence-corrected chi connectivity index (χ1v) is 8.02. The summed E-state index contributed by atoms with van der Waals surface area (Å²) in [4.78, 5) is 11.9. The van der Waals surface area contributed by atoms with Gasteiger partial charge in [0.2, 0.25) is 5.91 Å². The van der Waals surface area contributed by atoms with E-state index < -0.39 is 12.2 Å². The molecule has 2 rings (SSSR count). The van der Waals surface area contributed by atoms with Crippen molar-refractivity contribution < 1.29 is 24.1 Å². The molecule has 1 aliphatic rings. The van der Waals surface area contributed by atoms with Gasteiger partial charge in [-0.1, -0.05) is 18.2 Å². The fraction of sp³-hybridized carbons (Fsp3) is 0.588. The second kappa shape index (κ2) is 9.50. The molecule has 0 aliphatic carbocycles. The monoisotopic (exact) mass is 323 g/mol. The van der Waals surface area contributed by atoms with Crippen LogP contribution in [0, 0.1) is 0 Å². The Balaban J connectivity index is 1.58. The summed E-state index contributed by atoms with van der Waals surface area (Å²) < 4.78 is 16.4. The largest absolute Gasteiger partial charge is 0.491 e. The van der Waals surface area contributed by atoms with Crippen LogP contribution in [-0.4, -0.2) is 55.7 Å². The number of aliphatic hydroxyl groups excluding tert-OH is 1. The van der Waals surface area contributed by atoms with Crippen LogP contribution >= 0.6 is 0 Å². The van der Waals surface area contributed by atoms with Crippen LogP contribution < -0.4 is 10.1 Å². The highest BCUT2D eigenvalue weighted by molar-refractivity contribution is 5.80. The van der Waals surface area contributed by atoms with Gasteiger partial charge in [-0.25, -0.2) is 0 Å². The third kappa shape index (κ3) is 6.56. The molecule has 6 nitrogen and oxygen atoms in total. The van der Waals surface area contributed by atoms with Crippen LogP contribution in [0.3, 0.4) is 0 Å². The number of rotatable bonds is 9. The van der Waals surface area contributed by atoms with Crippen LogP contribution in [0.4, 0.5) is 0 Å². The molecule has 23 heavy (non-hydrogen) atoms. The van der Waals surface area contributed by atoms with Gasteiger partial charge >= 0.3 is 0 Å². The van der Waals surface area contributed by atoms with Crippen molar-refractivity contribution in [3.05, 3.63) is 30.3 Å². The highest BCUT2D eigenvalue weighted by Gasteiger charge is 2.20. The minimum Gasteiger partial charge on any atom is -0.491 e. The van der Waals surface area contributed by atoms with Gasteiger partial charge in [0.25, 0.3) is 0 Å². The molecule has 0 bridgehead atoms. The van der Waals surface area contributed by atoms with Crippen molar-refractivity contribution in [1.29, 1.82) is 0 Å². The highest BCUT2D eigenvalue weighted by atomic mass is 16.5. The van der Waals surface area contributed by atoms with Gasteiger partial charge in [-0.15, -0.1) is 0 Å². The molecule has 3 atom stereocenters. The van der Waals surface area contributed by atoms with Crippen molar-refractivity contribution >= 4 is 5.91 Å². The van der Waals surface area contributed by atoms with Crippen LogP contribution in [0.2, 0.25) is 0 Å². The molecule has 0 aromatic heterocycles. The minimum absolute atomic E-state index is 0.0927. The molecular formula is C17H25NO5. The lowest BCUT2D eigenvalue weighted by atomic mass is 10.2. The molecule has 6 heteroatoms. The smallest absolute Gasteiger partial charge is 0.248 e. The van der Waals surface area contributed by atoms with Gasteiger partial charge in [0.05, 0.1) is 12.7 Å². The van der Waals surface area contributed by atoms with Crippen LogP contribution in [-0.2, 0) is 14.3 Å². The number of carbonyl (C=O) groups excluding carboxylic acids is 1. The van der Waals surface area contributed by atoms with E-state index in [1.807, 2.05) is 30.3 Å². The number of ether oxygens (including phenoxy) is 3. The van der Waals surface area contributed by atoms with E-state index in [9.17, 15) is 9.90 Å². The summed E-state index contributed by atoms with van der Waals surface area (Å²) in [5.41, 5.74) is 0. The van der Waals surface area contributed by atoms with Crippen molar-refractivity contribution in [2.75, 3.05) is 26.4 Å². The average Bonchev–Trinajstić information content (AvgIpc) is 3.10. The number of para-hydroxylation sites is 1. The van der Waals surface area contributed by atoms with E-state index in [0.717, 1.165) is 19.4 Å². The molecule has 0 spiro atoms. The lowest BCUT2D eigenvalue weighted by molar-refractivity contribution is -0.134. The highest BCUT2D eigenvalue weighted by Crippen LogP contribution is 2.12. The summed E-state index contributed by atoms with van der Waals surface area (Å²) in [6.07, 6.45) is 0.771. The maximum absolute atomic E-state index is 11.9. The lowest BCUT2D eigenvalue weighted by Crippen LogP contribution is -2.41. The van der Waals surface area contributed by atoms with Gasteiger partial charge in [-0.05, 0) is 31.9 Å². The Morgan fingerprint density at radius 3 is 2.91 bits per heavy atom. The van der Waals surface area contributed by atoms with Crippen LogP contribution in [0.15, 0.2) is 30.3 Å². The summed E-state index contributed by atoms with van der Waals surface area (Å²) in [5.74, 6) is 0.438. The SMILES string of the molecule is CC(OCC1CCCO1)C(=O)NCC(O)COc1ccccc1. The third-order valence-corrected chi connectivity index (χ3v) is 3.62. The van der Waals surface area contributed by atoms with E-state index in [2.05, 4.69) is 5.32 Å². The second-order valence-electron chi connectivity index (χ2n) is 5.63. The summed E-state index contributed by atoms with van der Waals surface area (Å²) in [5, 5.41) is 12.5. The zero-order chi connectivity index (χ0) is 16.5. The van der Waals surface area contributed by atoms with Crippen molar-refractivity contribution in [2.24, 2.45) is 0 Å². The zero-order valence-corrected chi connectivity index (χ0v) is 13.4. The van der Waals surface area contributed by atoms with Crippen LogP contribution in [0.1, 0.15) is 19.8 Å². The van der Waals surface area contributed by atoms with Crippen molar-refractivity contribution in [2.45, 2.75) is 38.1 Å². The molecule has 1 amide bonds. The Labute approximate surface area is 136 Å². The predicted octanol–water partition coefficient (Wildman–Crippen LogP) is 1.13. The summed E-state index contributed by atoms with van der Waals surface area (Å²) in [6.45, 7) is 3.13. The molecule has 2 N–H and O–H groups in total. The van der Waals surface area contributed by atoms with E-state index >= 15 is 0 Å². The number of aliphatic hydroxyl groups is 1. The minimum atomic E-state index is -0.774. The maximum Gasteiger partial charge on any atom is 0.248 e. The van der Waals surface area contributed by atoms with Gasteiger partial charge in [-0.2, -0.15) is 0 Å². The number of benzene rings is 1. The molecule has 1 aromatic carbocycles. The third-order valence-electron chi connectivity index (χ3n) is 3.62. The fourth-order valence-electron chi connectivity index (χ4n) is 2.23. The summed E-state index contributed by atoms with van der Waals surface area (Å²) in [6, 6.07) is 9.23. The van der Waals surface area contributed by atoms with E-state index in [1.165, 1.54) is 0 Å². The normalized spacial score (nSPS) is 20.0. The molecule has 1 aromatic rings. The maximum atomic E-state index is 11.9. The summed E-state index contributed by atoms with van der Waals surface area (Å²) in [7, 11) is 0.